The molecule has 0 aliphatic heterocycles. The van der Waals surface area contributed by atoms with E-state index in [-0.39, 0.29) is 28.2 Å². The molecule has 30 heavy (non-hydrogen) atoms. The second-order valence-corrected chi connectivity index (χ2v) is 7.54. The van der Waals surface area contributed by atoms with Crippen LogP contribution in [0.4, 0.5) is 4.39 Å². The molecule has 2 N–H and O–H groups in total. The Morgan fingerprint density at radius 3 is 2.67 bits per heavy atom. The van der Waals surface area contributed by atoms with Crippen LogP contribution in [-0.4, -0.2) is 26.6 Å². The lowest BCUT2D eigenvalue weighted by molar-refractivity contribution is 0.0955. The van der Waals surface area contributed by atoms with E-state index in [2.05, 4.69) is 16.4 Å². The van der Waals surface area contributed by atoms with Gasteiger partial charge >= 0.3 is 5.69 Å². The number of hydrogen-bond donors (Lipinski definition) is 2. The highest BCUT2D eigenvalue weighted by atomic mass is 19.1. The molecule has 1 amide bonds. The molecule has 4 rings (SSSR count). The van der Waals surface area contributed by atoms with E-state index >= 15 is 0 Å². The molecule has 2 heterocycles. The zero-order valence-corrected chi connectivity index (χ0v) is 16.7. The van der Waals surface area contributed by atoms with Crippen LogP contribution in [0.25, 0.3) is 16.7 Å². The van der Waals surface area contributed by atoms with Crippen LogP contribution in [0.15, 0.2) is 51.7 Å². The van der Waals surface area contributed by atoms with Crippen molar-refractivity contribution in [1.82, 2.24) is 19.4 Å². The fraction of sp³-hybridized carbons (Fsp3) is 0.318. The molecule has 0 fully saturated rings. The van der Waals surface area contributed by atoms with Crippen molar-refractivity contribution in [3.63, 3.8) is 0 Å². The van der Waals surface area contributed by atoms with Gasteiger partial charge in [0.25, 0.3) is 11.5 Å². The molecule has 8 heteroatoms. The zero-order valence-electron chi connectivity index (χ0n) is 16.7. The zero-order chi connectivity index (χ0) is 21.3. The summed E-state index contributed by atoms with van der Waals surface area (Å²) in [6, 6.07) is 5.07. The number of aryl methyl sites for hydroxylation is 1. The molecule has 2 aromatic heterocycles. The SMILES string of the molecule is Cn1cc(C(=O)NCCC2=CCCCC2)c2[nH]c(=O)n(-c3ccc(F)cc3)c(=O)c21. The Balaban J connectivity index is 1.65. The first-order chi connectivity index (χ1) is 14.5. The van der Waals surface area contributed by atoms with Gasteiger partial charge in [0.1, 0.15) is 11.3 Å². The van der Waals surface area contributed by atoms with Crippen LogP contribution in [0.2, 0.25) is 0 Å². The quantitative estimate of drug-likeness (QED) is 0.634. The lowest BCUT2D eigenvalue weighted by atomic mass is 9.97. The van der Waals surface area contributed by atoms with E-state index in [0.29, 0.717) is 6.54 Å². The molecule has 1 aliphatic rings. The Hall–Kier alpha value is -3.42. The highest BCUT2D eigenvalue weighted by Crippen LogP contribution is 2.20. The van der Waals surface area contributed by atoms with Gasteiger partial charge in [0, 0.05) is 19.8 Å². The number of nitrogens with zero attached hydrogens (tertiary/aromatic N) is 2. The number of hydrogen-bond acceptors (Lipinski definition) is 3. The summed E-state index contributed by atoms with van der Waals surface area (Å²) in [7, 11) is 1.64. The van der Waals surface area contributed by atoms with Crippen molar-refractivity contribution in [1.29, 1.82) is 0 Å². The molecule has 156 valence electrons. The number of nitrogens with one attached hydrogen (secondary N) is 2. The van der Waals surface area contributed by atoms with Crippen molar-refractivity contribution in [3.8, 4) is 5.69 Å². The average molecular weight is 410 g/mol. The number of H-pyrrole nitrogens is 1. The van der Waals surface area contributed by atoms with E-state index in [4.69, 9.17) is 0 Å². The summed E-state index contributed by atoms with van der Waals surface area (Å²) in [5.74, 6) is -0.808. The largest absolute Gasteiger partial charge is 0.352 e. The van der Waals surface area contributed by atoms with Crippen molar-refractivity contribution < 1.29 is 9.18 Å². The molecule has 1 aliphatic carbocycles. The second-order valence-electron chi connectivity index (χ2n) is 7.54. The number of fused-ring (bicyclic) bond motifs is 1. The van der Waals surface area contributed by atoms with Gasteiger partial charge in [-0.15, -0.1) is 0 Å². The van der Waals surface area contributed by atoms with Crippen molar-refractivity contribution in [2.75, 3.05) is 6.54 Å². The van der Waals surface area contributed by atoms with Crippen LogP contribution in [0, 0.1) is 5.82 Å². The smallest absolute Gasteiger partial charge is 0.333 e. The maximum absolute atomic E-state index is 13.2. The Labute approximate surface area is 171 Å². The highest BCUT2D eigenvalue weighted by molar-refractivity contribution is 6.05. The Kier molecular flexibility index (Phi) is 5.39. The van der Waals surface area contributed by atoms with Gasteiger partial charge in [0.2, 0.25) is 0 Å². The predicted octanol–water partition coefficient (Wildman–Crippen LogP) is 2.78. The molecule has 0 atom stereocenters. The third-order valence-corrected chi connectivity index (χ3v) is 5.47. The minimum absolute atomic E-state index is 0.194. The van der Waals surface area contributed by atoms with Gasteiger partial charge in [-0.05, 0) is 56.4 Å². The number of carbonyl (C=O) groups excluding carboxylic acids is 1. The molecule has 0 saturated heterocycles. The first kappa shape index (κ1) is 19.9. The predicted molar refractivity (Wildman–Crippen MR) is 113 cm³/mol. The number of allylic oxidation sites excluding steroid dienone is 1. The van der Waals surface area contributed by atoms with E-state index < -0.39 is 17.1 Å². The molecular weight excluding hydrogens is 387 g/mol. The van der Waals surface area contributed by atoms with E-state index in [1.807, 2.05) is 0 Å². The molecule has 0 saturated carbocycles. The number of amides is 1. The first-order valence-corrected chi connectivity index (χ1v) is 10.0. The van der Waals surface area contributed by atoms with Gasteiger partial charge in [0.15, 0.2) is 0 Å². The summed E-state index contributed by atoms with van der Waals surface area (Å²) < 4.78 is 15.7. The van der Waals surface area contributed by atoms with Crippen LogP contribution in [-0.2, 0) is 7.05 Å². The molecule has 3 aromatic rings. The summed E-state index contributed by atoms with van der Waals surface area (Å²) in [6.07, 6.45) is 9.13. The fourth-order valence-electron chi connectivity index (χ4n) is 3.93. The van der Waals surface area contributed by atoms with E-state index in [1.54, 1.807) is 7.05 Å². The molecule has 0 radical (unpaired) electrons. The van der Waals surface area contributed by atoms with Gasteiger partial charge in [-0.25, -0.2) is 13.8 Å². The number of aromatic amines is 1. The van der Waals surface area contributed by atoms with E-state index in [1.165, 1.54) is 53.4 Å². The molecule has 0 bridgehead atoms. The number of halogens is 1. The molecular formula is C22H23FN4O3. The Morgan fingerprint density at radius 1 is 1.20 bits per heavy atom. The second kappa shape index (κ2) is 8.14. The van der Waals surface area contributed by atoms with Gasteiger partial charge < -0.3 is 14.9 Å². The number of benzene rings is 1. The monoisotopic (exact) mass is 410 g/mol. The maximum atomic E-state index is 13.2. The summed E-state index contributed by atoms with van der Waals surface area (Å²) >= 11 is 0. The Bertz CT molecular complexity index is 1250. The van der Waals surface area contributed by atoms with Crippen molar-refractivity contribution in [2.45, 2.75) is 32.1 Å². The number of carbonyl (C=O) groups is 1. The van der Waals surface area contributed by atoms with Crippen molar-refractivity contribution in [3.05, 3.63) is 74.3 Å². The van der Waals surface area contributed by atoms with Crippen LogP contribution >= 0.6 is 0 Å². The van der Waals surface area contributed by atoms with Gasteiger partial charge in [-0.3, -0.25) is 9.59 Å². The van der Waals surface area contributed by atoms with Crippen LogP contribution in [0.3, 0.4) is 0 Å². The van der Waals surface area contributed by atoms with Crippen LogP contribution in [0.1, 0.15) is 42.5 Å². The summed E-state index contributed by atoms with van der Waals surface area (Å²) in [6.45, 7) is 0.498. The normalized spacial score (nSPS) is 14.0. The standard InChI is InChI=1S/C22H23FN4O3/c1-26-13-17(20(28)24-12-11-14-5-3-2-4-6-14)18-19(26)21(29)27(22(30)25-18)16-9-7-15(23)8-10-16/h5,7-10,13H,2-4,6,11-12H2,1H3,(H,24,28)(H,25,30). The van der Waals surface area contributed by atoms with Crippen molar-refractivity contribution in [2.24, 2.45) is 7.05 Å². The third kappa shape index (κ3) is 3.72. The highest BCUT2D eigenvalue weighted by Gasteiger charge is 2.20. The third-order valence-electron chi connectivity index (χ3n) is 5.47. The molecule has 0 spiro atoms. The topological polar surface area (TPSA) is 88.9 Å². The van der Waals surface area contributed by atoms with E-state index in [9.17, 15) is 18.8 Å². The molecule has 7 nitrogen and oxygen atoms in total. The maximum Gasteiger partial charge on any atom is 0.333 e. The summed E-state index contributed by atoms with van der Waals surface area (Å²) in [5, 5.41) is 2.88. The van der Waals surface area contributed by atoms with Gasteiger partial charge in [0.05, 0.1) is 16.8 Å². The Morgan fingerprint density at radius 2 is 1.97 bits per heavy atom. The first-order valence-electron chi connectivity index (χ1n) is 10.0. The summed E-state index contributed by atoms with van der Waals surface area (Å²) in [5.41, 5.74) is 0.971. The lowest BCUT2D eigenvalue weighted by Crippen LogP contribution is -2.34. The molecule has 1 aromatic carbocycles. The van der Waals surface area contributed by atoms with Crippen LogP contribution < -0.4 is 16.6 Å². The van der Waals surface area contributed by atoms with Gasteiger partial charge in [-0.1, -0.05) is 11.6 Å². The lowest BCUT2D eigenvalue weighted by Gasteiger charge is -2.12. The minimum atomic E-state index is -0.688. The van der Waals surface area contributed by atoms with E-state index in [0.717, 1.165) is 23.8 Å². The minimum Gasteiger partial charge on any atom is -0.352 e. The summed E-state index contributed by atoms with van der Waals surface area (Å²) in [4.78, 5) is 41.0. The van der Waals surface area contributed by atoms with Crippen molar-refractivity contribution >= 4 is 16.9 Å². The average Bonchev–Trinajstić information content (AvgIpc) is 3.06. The fourth-order valence-corrected chi connectivity index (χ4v) is 3.93. The number of rotatable bonds is 5. The van der Waals surface area contributed by atoms with Crippen LogP contribution in [0.5, 0.6) is 0 Å². The number of aromatic nitrogens is 3. The molecule has 0 unspecified atom stereocenters. The van der Waals surface area contributed by atoms with Gasteiger partial charge in [-0.2, -0.15) is 0 Å².